The lowest BCUT2D eigenvalue weighted by molar-refractivity contribution is -0.140. The molecule has 114 valence electrons. The van der Waals surface area contributed by atoms with E-state index in [1.54, 1.807) is 6.20 Å². The zero-order chi connectivity index (χ0) is 15.5. The van der Waals surface area contributed by atoms with E-state index in [4.69, 9.17) is 4.74 Å². The Morgan fingerprint density at radius 1 is 1.33 bits per heavy atom. The lowest BCUT2D eigenvalue weighted by Crippen LogP contribution is -2.08. The first-order chi connectivity index (χ1) is 9.90. The third kappa shape index (κ3) is 4.07. The van der Waals surface area contributed by atoms with Crippen LogP contribution in [-0.2, 0) is 12.8 Å². The zero-order valence-corrected chi connectivity index (χ0v) is 11.8. The Labute approximate surface area is 122 Å². The molecule has 8 heteroatoms. The van der Waals surface area contributed by atoms with Gasteiger partial charge >= 0.3 is 6.18 Å². The van der Waals surface area contributed by atoms with Crippen LogP contribution in [0.1, 0.15) is 17.4 Å². The third-order valence-electron chi connectivity index (χ3n) is 2.51. The Bertz CT molecular complexity index is 612. The number of thiazole rings is 1. The first-order valence-electron chi connectivity index (χ1n) is 6.08. The summed E-state index contributed by atoms with van der Waals surface area (Å²) in [5, 5.41) is 3.73. The van der Waals surface area contributed by atoms with E-state index >= 15 is 0 Å². The van der Waals surface area contributed by atoms with E-state index in [2.05, 4.69) is 10.3 Å². The molecule has 0 bridgehead atoms. The summed E-state index contributed by atoms with van der Waals surface area (Å²) in [6, 6.07) is 2.56. The molecule has 0 spiro atoms. The van der Waals surface area contributed by atoms with Crippen molar-refractivity contribution in [2.24, 2.45) is 0 Å². The van der Waals surface area contributed by atoms with Gasteiger partial charge in [-0.2, -0.15) is 13.2 Å². The van der Waals surface area contributed by atoms with E-state index in [-0.39, 0.29) is 12.4 Å². The molecule has 0 aliphatic carbocycles. The molecule has 0 saturated carbocycles. The third-order valence-corrected chi connectivity index (χ3v) is 3.43. The molecule has 0 atom stereocenters. The zero-order valence-electron chi connectivity index (χ0n) is 11.0. The highest BCUT2D eigenvalue weighted by Gasteiger charge is 2.34. The van der Waals surface area contributed by atoms with Gasteiger partial charge in [0.15, 0.2) is 5.13 Å². The van der Waals surface area contributed by atoms with E-state index in [9.17, 15) is 17.6 Å². The van der Waals surface area contributed by atoms with Gasteiger partial charge in [0, 0.05) is 12.7 Å². The standard InChI is InChI=1S/C13H12F4N2OS/c1-2-18-12-19-6-9(21-12)7-20-8-3-4-11(14)10(5-8)13(15,16)17/h3-6H,2,7H2,1H3,(H,18,19). The van der Waals surface area contributed by atoms with Crippen LogP contribution in [0.2, 0.25) is 0 Å². The predicted molar refractivity (Wildman–Crippen MR) is 72.0 cm³/mol. The van der Waals surface area contributed by atoms with Crippen molar-refractivity contribution in [2.45, 2.75) is 19.7 Å². The summed E-state index contributed by atoms with van der Waals surface area (Å²) in [5.74, 6) is -1.36. The van der Waals surface area contributed by atoms with Gasteiger partial charge in [0.05, 0.1) is 10.4 Å². The van der Waals surface area contributed by atoms with Crippen LogP contribution in [-0.4, -0.2) is 11.5 Å². The van der Waals surface area contributed by atoms with E-state index in [1.807, 2.05) is 6.92 Å². The van der Waals surface area contributed by atoms with Crippen LogP contribution in [0.3, 0.4) is 0 Å². The number of alkyl halides is 3. The molecule has 0 aliphatic heterocycles. The van der Waals surface area contributed by atoms with Gasteiger partial charge in [0.25, 0.3) is 0 Å². The number of anilines is 1. The van der Waals surface area contributed by atoms with E-state index < -0.39 is 17.6 Å². The number of halogens is 4. The van der Waals surface area contributed by atoms with Crippen molar-refractivity contribution in [3.63, 3.8) is 0 Å². The van der Waals surface area contributed by atoms with Crippen LogP contribution >= 0.6 is 11.3 Å². The van der Waals surface area contributed by atoms with Crippen LogP contribution in [0.15, 0.2) is 24.4 Å². The number of benzene rings is 1. The molecule has 1 N–H and O–H groups in total. The maximum absolute atomic E-state index is 13.1. The quantitative estimate of drug-likeness (QED) is 0.834. The van der Waals surface area contributed by atoms with Crippen LogP contribution in [0.5, 0.6) is 5.75 Å². The Kier molecular flexibility index (Phi) is 4.66. The van der Waals surface area contributed by atoms with Gasteiger partial charge in [-0.15, -0.1) is 0 Å². The minimum absolute atomic E-state index is 0.0397. The second-order valence-electron chi connectivity index (χ2n) is 4.09. The highest BCUT2D eigenvalue weighted by Crippen LogP contribution is 2.33. The summed E-state index contributed by atoms with van der Waals surface area (Å²) < 4.78 is 56.1. The Morgan fingerprint density at radius 3 is 2.76 bits per heavy atom. The van der Waals surface area contributed by atoms with Crippen LogP contribution < -0.4 is 10.1 Å². The van der Waals surface area contributed by atoms with Crippen molar-refractivity contribution in [2.75, 3.05) is 11.9 Å². The van der Waals surface area contributed by atoms with Gasteiger partial charge < -0.3 is 10.1 Å². The summed E-state index contributed by atoms with van der Waals surface area (Å²) >= 11 is 1.35. The smallest absolute Gasteiger partial charge is 0.419 e. The molecular formula is C13H12F4N2OS. The lowest BCUT2D eigenvalue weighted by Gasteiger charge is -2.10. The van der Waals surface area contributed by atoms with Crippen LogP contribution in [0.4, 0.5) is 22.7 Å². The van der Waals surface area contributed by atoms with Gasteiger partial charge in [-0.3, -0.25) is 0 Å². The molecular weight excluding hydrogens is 308 g/mol. The van der Waals surface area contributed by atoms with Gasteiger partial charge in [-0.25, -0.2) is 9.37 Å². The molecule has 2 aromatic rings. The number of nitrogens with one attached hydrogen (secondary N) is 1. The van der Waals surface area contributed by atoms with Crippen molar-refractivity contribution in [1.82, 2.24) is 4.98 Å². The monoisotopic (exact) mass is 320 g/mol. The van der Waals surface area contributed by atoms with Crippen molar-refractivity contribution in [3.8, 4) is 5.75 Å². The molecule has 0 saturated heterocycles. The molecule has 0 radical (unpaired) electrons. The number of hydrogen-bond acceptors (Lipinski definition) is 4. The highest BCUT2D eigenvalue weighted by atomic mass is 32.1. The van der Waals surface area contributed by atoms with Crippen molar-refractivity contribution in [1.29, 1.82) is 0 Å². The maximum Gasteiger partial charge on any atom is 0.419 e. The van der Waals surface area contributed by atoms with Crippen LogP contribution in [0, 0.1) is 5.82 Å². The second kappa shape index (κ2) is 6.30. The summed E-state index contributed by atoms with van der Waals surface area (Å²) in [6.07, 6.45) is -3.16. The minimum Gasteiger partial charge on any atom is -0.488 e. The number of rotatable bonds is 5. The summed E-state index contributed by atoms with van der Waals surface area (Å²) in [7, 11) is 0. The summed E-state index contributed by atoms with van der Waals surface area (Å²) in [6.45, 7) is 2.72. The Morgan fingerprint density at radius 2 is 2.10 bits per heavy atom. The average molecular weight is 320 g/mol. The SMILES string of the molecule is CCNc1ncc(COc2ccc(F)c(C(F)(F)F)c2)s1. The minimum atomic E-state index is -4.74. The first-order valence-corrected chi connectivity index (χ1v) is 6.90. The molecule has 21 heavy (non-hydrogen) atoms. The van der Waals surface area contributed by atoms with Gasteiger partial charge in [0.1, 0.15) is 18.2 Å². The molecule has 2 rings (SSSR count). The lowest BCUT2D eigenvalue weighted by atomic mass is 10.2. The fraction of sp³-hybridized carbons (Fsp3) is 0.308. The van der Waals surface area contributed by atoms with Crippen LogP contribution in [0.25, 0.3) is 0 Å². The highest BCUT2D eigenvalue weighted by molar-refractivity contribution is 7.15. The molecule has 1 aromatic carbocycles. The largest absolute Gasteiger partial charge is 0.488 e. The van der Waals surface area contributed by atoms with E-state index in [0.717, 1.165) is 23.6 Å². The van der Waals surface area contributed by atoms with E-state index in [1.165, 1.54) is 11.3 Å². The van der Waals surface area contributed by atoms with Gasteiger partial charge in [0.2, 0.25) is 0 Å². The Balaban J connectivity index is 2.06. The molecule has 1 heterocycles. The number of hydrogen-bond donors (Lipinski definition) is 1. The molecule has 0 aliphatic rings. The fourth-order valence-electron chi connectivity index (χ4n) is 1.57. The number of nitrogens with zero attached hydrogens (tertiary/aromatic N) is 1. The van der Waals surface area contributed by atoms with Crippen molar-refractivity contribution >= 4 is 16.5 Å². The normalized spacial score (nSPS) is 11.5. The fourth-order valence-corrected chi connectivity index (χ4v) is 2.37. The van der Waals surface area contributed by atoms with E-state index in [0.29, 0.717) is 11.2 Å². The second-order valence-corrected chi connectivity index (χ2v) is 5.21. The molecule has 1 aromatic heterocycles. The number of ether oxygens (including phenoxy) is 1. The van der Waals surface area contributed by atoms with Crippen molar-refractivity contribution in [3.05, 3.63) is 40.7 Å². The number of aromatic nitrogens is 1. The molecule has 0 amide bonds. The average Bonchev–Trinajstić information content (AvgIpc) is 2.85. The predicted octanol–water partition coefficient (Wildman–Crippen LogP) is 4.31. The summed E-state index contributed by atoms with van der Waals surface area (Å²) in [5.41, 5.74) is -1.34. The summed E-state index contributed by atoms with van der Waals surface area (Å²) in [4.78, 5) is 4.83. The topological polar surface area (TPSA) is 34.2 Å². The molecule has 0 unspecified atom stereocenters. The van der Waals surface area contributed by atoms with Crippen molar-refractivity contribution < 1.29 is 22.3 Å². The Hall–Kier alpha value is -1.83. The van der Waals surface area contributed by atoms with Gasteiger partial charge in [-0.1, -0.05) is 11.3 Å². The first kappa shape index (κ1) is 15.6. The van der Waals surface area contributed by atoms with Gasteiger partial charge in [-0.05, 0) is 25.1 Å². The maximum atomic E-state index is 13.1. The molecule has 3 nitrogen and oxygen atoms in total. The molecule has 0 fully saturated rings.